The summed E-state index contributed by atoms with van der Waals surface area (Å²) in [5.74, 6) is -2.77. The van der Waals surface area contributed by atoms with Gasteiger partial charge in [0.25, 0.3) is 5.91 Å². The lowest BCUT2D eigenvalue weighted by atomic mass is 10.0. The minimum Gasteiger partial charge on any atom is -0.461 e. The molecule has 1 N–H and O–H groups in total. The fourth-order valence-corrected chi connectivity index (χ4v) is 5.13. The Bertz CT molecular complexity index is 1550. The zero-order valence-electron chi connectivity index (χ0n) is 21.0. The third-order valence-electron chi connectivity index (χ3n) is 7.23. The number of ether oxygens (including phenoxy) is 1. The van der Waals surface area contributed by atoms with Gasteiger partial charge in [0.1, 0.15) is 12.3 Å². The minimum atomic E-state index is -0.982. The highest BCUT2D eigenvalue weighted by molar-refractivity contribution is 6.13. The van der Waals surface area contributed by atoms with Gasteiger partial charge in [-0.2, -0.15) is 15.4 Å². The summed E-state index contributed by atoms with van der Waals surface area (Å²) in [5, 5.41) is 10.5. The average molecular weight is 530 g/mol. The molecule has 198 valence electrons. The van der Waals surface area contributed by atoms with Gasteiger partial charge in [0.15, 0.2) is 11.6 Å². The van der Waals surface area contributed by atoms with Crippen molar-refractivity contribution in [3.05, 3.63) is 89.1 Å². The van der Waals surface area contributed by atoms with E-state index >= 15 is 0 Å². The number of benzene rings is 3. The van der Waals surface area contributed by atoms with Crippen molar-refractivity contribution >= 4 is 17.6 Å². The van der Waals surface area contributed by atoms with Crippen LogP contribution in [0.15, 0.2) is 60.8 Å². The molecule has 39 heavy (non-hydrogen) atoms. The van der Waals surface area contributed by atoms with Crippen LogP contribution in [0, 0.1) is 11.6 Å². The molecular weight excluding hydrogens is 504 g/mol. The van der Waals surface area contributed by atoms with Crippen molar-refractivity contribution in [1.29, 1.82) is 0 Å². The van der Waals surface area contributed by atoms with Crippen LogP contribution in [0.1, 0.15) is 39.1 Å². The minimum absolute atomic E-state index is 0.223. The summed E-state index contributed by atoms with van der Waals surface area (Å²) >= 11 is 0. The van der Waals surface area contributed by atoms with Crippen molar-refractivity contribution in [2.24, 2.45) is 0 Å². The van der Waals surface area contributed by atoms with E-state index in [0.29, 0.717) is 34.6 Å². The van der Waals surface area contributed by atoms with Gasteiger partial charge in [-0.3, -0.25) is 9.69 Å². The van der Waals surface area contributed by atoms with E-state index in [-0.39, 0.29) is 24.6 Å². The normalized spacial score (nSPS) is 15.1. The summed E-state index contributed by atoms with van der Waals surface area (Å²) in [7, 11) is 0. The summed E-state index contributed by atoms with van der Waals surface area (Å²) in [5.41, 5.74) is 4.13. The van der Waals surface area contributed by atoms with Gasteiger partial charge in [0.2, 0.25) is 0 Å². The summed E-state index contributed by atoms with van der Waals surface area (Å²) in [6, 6.07) is 13.9. The Morgan fingerprint density at radius 1 is 0.949 bits per heavy atom. The lowest BCUT2D eigenvalue weighted by Crippen LogP contribution is -2.27. The average Bonchev–Trinajstić information content (AvgIpc) is 3.72. The molecule has 2 aliphatic rings. The van der Waals surface area contributed by atoms with Crippen LogP contribution in [0.3, 0.4) is 0 Å². The van der Waals surface area contributed by atoms with Crippen molar-refractivity contribution in [1.82, 2.24) is 20.3 Å². The SMILES string of the molecule is O=C(OCCN1CCCC1)c1ccc(-c2ccc(F)c(F)c2)cc1N1Cc2ccc(-c3cn[nH]n3)cc2C1=O. The number of rotatable bonds is 7. The van der Waals surface area contributed by atoms with Crippen LogP contribution >= 0.6 is 0 Å². The molecule has 2 aliphatic heterocycles. The number of nitrogens with zero attached hydrogens (tertiary/aromatic N) is 4. The summed E-state index contributed by atoms with van der Waals surface area (Å²) in [4.78, 5) is 30.6. The number of fused-ring (bicyclic) bond motifs is 1. The van der Waals surface area contributed by atoms with Gasteiger partial charge in [-0.25, -0.2) is 13.6 Å². The van der Waals surface area contributed by atoms with E-state index in [1.807, 2.05) is 12.1 Å². The van der Waals surface area contributed by atoms with Crippen LogP contribution in [0.4, 0.5) is 14.5 Å². The quantitative estimate of drug-likeness (QED) is 0.345. The molecule has 0 atom stereocenters. The monoisotopic (exact) mass is 529 g/mol. The first-order chi connectivity index (χ1) is 19.0. The molecule has 0 spiro atoms. The van der Waals surface area contributed by atoms with E-state index in [2.05, 4.69) is 20.3 Å². The van der Waals surface area contributed by atoms with Crippen LogP contribution in [0.5, 0.6) is 0 Å². The molecule has 1 saturated heterocycles. The molecule has 1 amide bonds. The Labute approximate surface area is 223 Å². The molecule has 3 heterocycles. The number of H-pyrrole nitrogens is 1. The highest BCUT2D eigenvalue weighted by Crippen LogP contribution is 2.36. The number of aromatic nitrogens is 3. The Kier molecular flexibility index (Phi) is 6.62. The van der Waals surface area contributed by atoms with Crippen molar-refractivity contribution < 1.29 is 23.1 Å². The van der Waals surface area contributed by atoms with Gasteiger partial charge < -0.3 is 9.64 Å². The third-order valence-corrected chi connectivity index (χ3v) is 7.23. The molecule has 3 aromatic carbocycles. The number of carbonyl (C=O) groups excluding carboxylic acids is 2. The van der Waals surface area contributed by atoms with Gasteiger partial charge in [-0.15, -0.1) is 0 Å². The second-order valence-corrected chi connectivity index (χ2v) is 9.66. The number of likely N-dealkylation sites (tertiary alicyclic amines) is 1. The van der Waals surface area contributed by atoms with Crippen LogP contribution < -0.4 is 4.90 Å². The van der Waals surface area contributed by atoms with E-state index in [1.54, 1.807) is 30.5 Å². The maximum Gasteiger partial charge on any atom is 0.340 e. The first-order valence-electron chi connectivity index (χ1n) is 12.8. The van der Waals surface area contributed by atoms with Crippen molar-refractivity contribution in [2.75, 3.05) is 31.1 Å². The first kappa shape index (κ1) is 24.9. The van der Waals surface area contributed by atoms with Gasteiger partial charge in [-0.1, -0.05) is 24.3 Å². The van der Waals surface area contributed by atoms with E-state index in [1.165, 1.54) is 11.0 Å². The van der Waals surface area contributed by atoms with Crippen LogP contribution in [0.25, 0.3) is 22.4 Å². The smallest absolute Gasteiger partial charge is 0.340 e. The highest BCUT2D eigenvalue weighted by atomic mass is 19.2. The molecule has 6 rings (SSSR count). The van der Waals surface area contributed by atoms with E-state index in [0.717, 1.165) is 49.2 Å². The summed E-state index contributed by atoms with van der Waals surface area (Å²) in [6.45, 7) is 3.10. The second kappa shape index (κ2) is 10.4. The molecule has 0 bridgehead atoms. The number of hydrogen-bond acceptors (Lipinski definition) is 6. The molecule has 10 heteroatoms. The number of anilines is 1. The molecule has 0 radical (unpaired) electrons. The number of aromatic amines is 1. The lowest BCUT2D eigenvalue weighted by Gasteiger charge is -2.21. The lowest BCUT2D eigenvalue weighted by molar-refractivity contribution is 0.0473. The van der Waals surface area contributed by atoms with E-state index in [9.17, 15) is 18.4 Å². The molecule has 0 saturated carbocycles. The first-order valence-corrected chi connectivity index (χ1v) is 12.8. The van der Waals surface area contributed by atoms with Gasteiger partial charge >= 0.3 is 5.97 Å². The molecular formula is C29H25F2N5O3. The fraction of sp³-hybridized carbons (Fsp3) is 0.241. The summed E-state index contributed by atoms with van der Waals surface area (Å²) in [6.07, 6.45) is 3.85. The molecule has 0 unspecified atom stereocenters. The van der Waals surface area contributed by atoms with Gasteiger partial charge in [0.05, 0.1) is 24.0 Å². The number of nitrogens with one attached hydrogen (secondary N) is 1. The number of halogens is 2. The topological polar surface area (TPSA) is 91.4 Å². The van der Waals surface area contributed by atoms with Crippen LogP contribution in [-0.2, 0) is 11.3 Å². The Morgan fingerprint density at radius 3 is 2.49 bits per heavy atom. The molecule has 0 aliphatic carbocycles. The zero-order chi connectivity index (χ0) is 26.9. The predicted octanol–water partition coefficient (Wildman–Crippen LogP) is 4.83. The zero-order valence-corrected chi connectivity index (χ0v) is 21.0. The largest absolute Gasteiger partial charge is 0.461 e. The standard InChI is InChI=1S/C29H25F2N5O3/c30-24-8-6-18(14-25(24)31)19-5-7-22(29(38)39-12-11-35-9-1-2-10-35)27(15-19)36-17-21-4-3-20(13-23(21)28(36)37)26-16-32-34-33-26/h3-8,13-16H,1-2,9-12,17H2,(H,32,33,34). The number of carbonyl (C=O) groups is 2. The van der Waals surface area contributed by atoms with Gasteiger partial charge in [-0.05, 0) is 73.0 Å². The summed E-state index contributed by atoms with van der Waals surface area (Å²) < 4.78 is 33.2. The number of esters is 1. The van der Waals surface area contributed by atoms with E-state index < -0.39 is 17.6 Å². The van der Waals surface area contributed by atoms with Gasteiger partial charge in [0, 0.05) is 17.7 Å². The second-order valence-electron chi connectivity index (χ2n) is 9.66. The third kappa shape index (κ3) is 4.90. The Balaban J connectivity index is 1.33. The van der Waals surface area contributed by atoms with Crippen LogP contribution in [-0.4, -0.2) is 58.4 Å². The maximum atomic E-state index is 14.0. The Morgan fingerprint density at radius 2 is 1.72 bits per heavy atom. The predicted molar refractivity (Wildman–Crippen MR) is 140 cm³/mol. The number of hydrogen-bond donors (Lipinski definition) is 1. The fourth-order valence-electron chi connectivity index (χ4n) is 5.13. The van der Waals surface area contributed by atoms with Crippen molar-refractivity contribution in [3.8, 4) is 22.4 Å². The van der Waals surface area contributed by atoms with E-state index in [4.69, 9.17) is 4.74 Å². The molecule has 4 aromatic rings. The highest BCUT2D eigenvalue weighted by Gasteiger charge is 2.32. The van der Waals surface area contributed by atoms with Crippen LogP contribution in [0.2, 0.25) is 0 Å². The van der Waals surface area contributed by atoms with Crippen molar-refractivity contribution in [3.63, 3.8) is 0 Å². The van der Waals surface area contributed by atoms with Crippen molar-refractivity contribution in [2.45, 2.75) is 19.4 Å². The Hall–Kier alpha value is -4.44. The molecule has 1 aromatic heterocycles. The number of amides is 1. The molecule has 1 fully saturated rings. The maximum absolute atomic E-state index is 14.0. The molecule has 8 nitrogen and oxygen atoms in total.